The van der Waals surface area contributed by atoms with Crippen LogP contribution in [0.3, 0.4) is 0 Å². The van der Waals surface area contributed by atoms with E-state index < -0.39 is 0 Å². The molecule has 4 heteroatoms. The third kappa shape index (κ3) is 17.8. The Bertz CT molecular complexity index is 128. The van der Waals surface area contributed by atoms with E-state index in [9.17, 15) is 0 Å². The first-order chi connectivity index (χ1) is 9.41. The molecule has 0 bridgehead atoms. The van der Waals surface area contributed by atoms with Crippen molar-refractivity contribution in [1.29, 1.82) is 0 Å². The van der Waals surface area contributed by atoms with Gasteiger partial charge in [-0.05, 0) is 19.4 Å². The van der Waals surface area contributed by atoms with E-state index in [1.54, 1.807) is 0 Å². The summed E-state index contributed by atoms with van der Waals surface area (Å²) in [6.07, 6.45) is 15.1. The highest BCUT2D eigenvalue weighted by atomic mass is 15.6. The molecule has 116 valence electrons. The second-order valence-corrected chi connectivity index (χ2v) is 5.30. The summed E-state index contributed by atoms with van der Waals surface area (Å²) in [6, 6.07) is 0. The van der Waals surface area contributed by atoms with Gasteiger partial charge in [-0.2, -0.15) is 5.53 Å². The Hall–Kier alpha value is -0.160. The standard InChI is InChI=1S/C12H27N.C3H9N3/c1-2-3-4-5-6-7-8-9-10-11-12-13;1-2-4-6-5-3-1/h2-13H2,1H3;4-6H,1-3H2. The molecule has 0 aromatic heterocycles. The average molecular weight is 272 g/mol. The molecule has 1 aliphatic rings. The quantitative estimate of drug-likeness (QED) is 0.462. The van der Waals surface area contributed by atoms with Gasteiger partial charge in [-0.1, -0.05) is 64.7 Å². The van der Waals surface area contributed by atoms with Crippen molar-refractivity contribution in [3.05, 3.63) is 0 Å². The zero-order chi connectivity index (χ0) is 14.0. The smallest absolute Gasteiger partial charge is 0.0126 e. The molecule has 0 aromatic carbocycles. The summed E-state index contributed by atoms with van der Waals surface area (Å²) in [5.74, 6) is 0. The Morgan fingerprint density at radius 2 is 1.21 bits per heavy atom. The lowest BCUT2D eigenvalue weighted by molar-refractivity contribution is 0.372. The van der Waals surface area contributed by atoms with Gasteiger partial charge in [0.1, 0.15) is 0 Å². The zero-order valence-corrected chi connectivity index (χ0v) is 13.0. The van der Waals surface area contributed by atoms with Crippen LogP contribution in [0.1, 0.15) is 77.6 Å². The minimum atomic E-state index is 0.872. The maximum Gasteiger partial charge on any atom is 0.0126 e. The molecular formula is C15H36N4. The maximum absolute atomic E-state index is 5.42. The molecular weight excluding hydrogens is 236 g/mol. The minimum Gasteiger partial charge on any atom is -0.330 e. The van der Waals surface area contributed by atoms with Crippen molar-refractivity contribution >= 4 is 0 Å². The molecule has 0 aromatic rings. The lowest BCUT2D eigenvalue weighted by Crippen LogP contribution is -2.49. The molecule has 0 amide bonds. The van der Waals surface area contributed by atoms with Crippen LogP contribution in [-0.2, 0) is 0 Å². The second kappa shape index (κ2) is 17.8. The van der Waals surface area contributed by atoms with E-state index >= 15 is 0 Å². The summed E-state index contributed by atoms with van der Waals surface area (Å²) >= 11 is 0. The van der Waals surface area contributed by atoms with Gasteiger partial charge < -0.3 is 5.73 Å². The van der Waals surface area contributed by atoms with Crippen molar-refractivity contribution < 1.29 is 0 Å². The van der Waals surface area contributed by atoms with Gasteiger partial charge in [-0.3, -0.25) is 0 Å². The highest BCUT2D eigenvalue weighted by Crippen LogP contribution is 2.09. The van der Waals surface area contributed by atoms with Crippen molar-refractivity contribution in [3.63, 3.8) is 0 Å². The molecule has 19 heavy (non-hydrogen) atoms. The molecule has 1 rings (SSSR count). The van der Waals surface area contributed by atoms with Gasteiger partial charge in [-0.15, -0.1) is 0 Å². The first-order valence-corrected chi connectivity index (χ1v) is 8.32. The Morgan fingerprint density at radius 3 is 1.53 bits per heavy atom. The van der Waals surface area contributed by atoms with E-state index in [2.05, 4.69) is 23.3 Å². The van der Waals surface area contributed by atoms with Gasteiger partial charge in [0.25, 0.3) is 0 Å². The number of hydrogen-bond acceptors (Lipinski definition) is 4. The van der Waals surface area contributed by atoms with Crippen LogP contribution < -0.4 is 22.1 Å². The second-order valence-electron chi connectivity index (χ2n) is 5.30. The molecule has 1 heterocycles. The summed E-state index contributed by atoms with van der Waals surface area (Å²) in [7, 11) is 0. The predicted octanol–water partition coefficient (Wildman–Crippen LogP) is 2.85. The summed E-state index contributed by atoms with van der Waals surface area (Å²) in [4.78, 5) is 0. The SMILES string of the molecule is C1CNNNC1.CCCCCCCCCCCCN. The van der Waals surface area contributed by atoms with Crippen molar-refractivity contribution in [3.8, 4) is 0 Å². The van der Waals surface area contributed by atoms with Crippen LogP contribution in [0.2, 0.25) is 0 Å². The van der Waals surface area contributed by atoms with Gasteiger partial charge in [0.2, 0.25) is 0 Å². The van der Waals surface area contributed by atoms with Crippen molar-refractivity contribution in [2.24, 2.45) is 5.73 Å². The fraction of sp³-hybridized carbons (Fsp3) is 1.00. The lowest BCUT2D eigenvalue weighted by atomic mass is 10.1. The van der Waals surface area contributed by atoms with Gasteiger partial charge in [0.05, 0.1) is 0 Å². The highest BCUT2D eigenvalue weighted by molar-refractivity contribution is 4.48. The fourth-order valence-corrected chi connectivity index (χ4v) is 2.08. The van der Waals surface area contributed by atoms with Crippen LogP contribution in [0.15, 0.2) is 0 Å². The van der Waals surface area contributed by atoms with Crippen LogP contribution in [0.4, 0.5) is 0 Å². The van der Waals surface area contributed by atoms with Crippen molar-refractivity contribution in [1.82, 2.24) is 16.4 Å². The van der Waals surface area contributed by atoms with Crippen molar-refractivity contribution in [2.75, 3.05) is 19.6 Å². The number of hydrogen-bond donors (Lipinski definition) is 4. The van der Waals surface area contributed by atoms with Crippen LogP contribution in [-0.4, -0.2) is 19.6 Å². The number of rotatable bonds is 10. The molecule has 0 radical (unpaired) electrons. The number of hydrazine groups is 2. The molecule has 0 unspecified atom stereocenters. The van der Waals surface area contributed by atoms with Crippen LogP contribution in [0, 0.1) is 0 Å². The maximum atomic E-state index is 5.42. The third-order valence-corrected chi connectivity index (χ3v) is 3.34. The predicted molar refractivity (Wildman–Crippen MR) is 84.7 cm³/mol. The van der Waals surface area contributed by atoms with Gasteiger partial charge in [0.15, 0.2) is 0 Å². The summed E-state index contributed by atoms with van der Waals surface area (Å²) < 4.78 is 0. The summed E-state index contributed by atoms with van der Waals surface area (Å²) in [5.41, 5.74) is 14.1. The van der Waals surface area contributed by atoms with E-state index in [4.69, 9.17) is 5.73 Å². The van der Waals surface area contributed by atoms with E-state index in [1.165, 1.54) is 70.6 Å². The van der Waals surface area contributed by atoms with Crippen molar-refractivity contribution in [2.45, 2.75) is 77.6 Å². The normalized spacial score (nSPS) is 14.8. The molecule has 0 saturated carbocycles. The summed E-state index contributed by atoms with van der Waals surface area (Å²) in [5, 5.41) is 0. The molecule has 5 N–H and O–H groups in total. The number of nitrogens with one attached hydrogen (secondary N) is 3. The summed E-state index contributed by atoms with van der Waals surface area (Å²) in [6.45, 7) is 5.29. The molecule has 4 nitrogen and oxygen atoms in total. The Balaban J connectivity index is 0.000000443. The van der Waals surface area contributed by atoms with Crippen LogP contribution >= 0.6 is 0 Å². The first-order valence-electron chi connectivity index (χ1n) is 8.32. The molecule has 0 atom stereocenters. The Labute approximate surface area is 120 Å². The Morgan fingerprint density at radius 1 is 0.737 bits per heavy atom. The van der Waals surface area contributed by atoms with Crippen LogP contribution in [0.5, 0.6) is 0 Å². The number of nitrogens with two attached hydrogens (primary N) is 1. The van der Waals surface area contributed by atoms with E-state index in [0.29, 0.717) is 0 Å². The molecule has 1 saturated heterocycles. The lowest BCUT2D eigenvalue weighted by Gasteiger charge is -2.12. The molecule has 0 aliphatic carbocycles. The first kappa shape index (κ1) is 18.8. The molecule has 0 spiro atoms. The average Bonchev–Trinajstić information content (AvgIpc) is 2.48. The zero-order valence-electron chi connectivity index (χ0n) is 13.0. The van der Waals surface area contributed by atoms with E-state index in [0.717, 1.165) is 19.6 Å². The molecule has 1 aliphatic heterocycles. The highest BCUT2D eigenvalue weighted by Gasteiger charge is 1.91. The van der Waals surface area contributed by atoms with E-state index in [1.807, 2.05) is 0 Å². The fourth-order valence-electron chi connectivity index (χ4n) is 2.08. The van der Waals surface area contributed by atoms with E-state index in [-0.39, 0.29) is 0 Å². The minimum absolute atomic E-state index is 0.872. The monoisotopic (exact) mass is 272 g/mol. The number of unbranched alkanes of at least 4 members (excludes halogenated alkanes) is 9. The van der Waals surface area contributed by atoms with Gasteiger partial charge >= 0.3 is 0 Å². The largest absolute Gasteiger partial charge is 0.330 e. The van der Waals surface area contributed by atoms with Gasteiger partial charge in [-0.25, -0.2) is 10.9 Å². The van der Waals surface area contributed by atoms with Gasteiger partial charge in [0, 0.05) is 13.1 Å². The molecule has 1 fully saturated rings. The van der Waals surface area contributed by atoms with Crippen LogP contribution in [0.25, 0.3) is 0 Å². The third-order valence-electron chi connectivity index (χ3n) is 3.34. The Kier molecular flexibility index (Phi) is 17.7. The topological polar surface area (TPSA) is 62.1 Å².